The fraction of sp³-hybridized carbons (Fsp3) is 0.591. The van der Waals surface area contributed by atoms with Gasteiger partial charge in [-0.3, -0.25) is 0 Å². The van der Waals surface area contributed by atoms with Gasteiger partial charge in [0.25, 0.3) is 0 Å². The molecule has 0 radical (unpaired) electrons. The van der Waals surface area contributed by atoms with Gasteiger partial charge in [-0.05, 0) is 44.9 Å². The summed E-state index contributed by atoms with van der Waals surface area (Å²) in [5, 5.41) is 4.13. The Kier molecular flexibility index (Phi) is 8.02. The first-order valence-electron chi connectivity index (χ1n) is 9.85. The monoisotopic (exact) mass is 375 g/mol. The van der Waals surface area contributed by atoms with E-state index < -0.39 is 0 Å². The van der Waals surface area contributed by atoms with E-state index in [-0.39, 0.29) is 0 Å². The van der Waals surface area contributed by atoms with Crippen LogP contribution >= 0.6 is 11.6 Å². The average molecular weight is 376 g/mol. The van der Waals surface area contributed by atoms with E-state index in [4.69, 9.17) is 16.6 Å². The Morgan fingerprint density at radius 3 is 2.35 bits per heavy atom. The summed E-state index contributed by atoms with van der Waals surface area (Å²) in [6.45, 7) is 10.1. The molecule has 2 fully saturated rings. The second kappa shape index (κ2) is 10.0. The fourth-order valence-electron chi connectivity index (χ4n) is 3.51. The lowest BCUT2D eigenvalue weighted by Crippen LogP contribution is -2.30. The van der Waals surface area contributed by atoms with Crippen LogP contribution < -0.4 is 5.32 Å². The average Bonchev–Trinajstić information content (AvgIpc) is 3.44. The van der Waals surface area contributed by atoms with E-state index in [0.29, 0.717) is 16.9 Å². The van der Waals surface area contributed by atoms with E-state index in [1.807, 2.05) is 19.1 Å². The number of halogens is 1. The van der Waals surface area contributed by atoms with E-state index >= 15 is 0 Å². The van der Waals surface area contributed by atoms with Gasteiger partial charge in [0.1, 0.15) is 5.82 Å². The molecule has 0 aromatic carbocycles. The van der Waals surface area contributed by atoms with Crippen molar-refractivity contribution in [1.82, 2.24) is 10.2 Å². The molecule has 26 heavy (non-hydrogen) atoms. The minimum atomic E-state index is 0.474. The van der Waals surface area contributed by atoms with Crippen molar-refractivity contribution < 1.29 is 0 Å². The Balaban J connectivity index is 2.30. The van der Waals surface area contributed by atoms with Crippen molar-refractivity contribution in [3.63, 3.8) is 0 Å². The maximum atomic E-state index is 6.55. The number of rotatable bonds is 9. The molecule has 0 unspecified atom stereocenters. The third-order valence-electron chi connectivity index (χ3n) is 5.19. The lowest BCUT2D eigenvalue weighted by molar-refractivity contribution is 0.396. The Hall–Kier alpha value is -1.48. The van der Waals surface area contributed by atoms with Crippen LogP contribution in [0, 0.1) is 5.92 Å². The molecule has 0 amide bonds. The highest BCUT2D eigenvalue weighted by molar-refractivity contribution is 6.46. The zero-order chi connectivity index (χ0) is 19.1. The summed E-state index contributed by atoms with van der Waals surface area (Å²) in [6, 6.07) is 0.474. The first kappa shape index (κ1) is 20.8. The SMILES string of the molecule is C=CC(=C(CC1CC1)N(C)C)C(=N/C(=C)NC1CCCCC1)/C(Cl)=C\C. The molecule has 0 aromatic rings. The number of nitrogens with zero attached hydrogens (tertiary/aromatic N) is 2. The standard InChI is InChI=1S/C22H34ClN3/c1-6-19(21(26(4)5)15-17-13-14-17)22(20(23)7-2)25-16(3)24-18-11-9-8-10-12-18/h6-7,17-18,24H,1,3,8-15H2,2,4-5H3/b20-7+,21-19?,25-22-. The van der Waals surface area contributed by atoms with Crippen LogP contribution in [0.5, 0.6) is 0 Å². The Bertz CT molecular complexity index is 603. The third kappa shape index (κ3) is 6.05. The van der Waals surface area contributed by atoms with Crippen LogP contribution in [-0.4, -0.2) is 30.7 Å². The number of hydrogen-bond donors (Lipinski definition) is 1. The van der Waals surface area contributed by atoms with Crippen molar-refractivity contribution in [3.05, 3.63) is 47.4 Å². The maximum Gasteiger partial charge on any atom is 0.119 e. The Labute approximate surface area is 164 Å². The van der Waals surface area contributed by atoms with E-state index in [1.165, 1.54) is 50.6 Å². The van der Waals surface area contributed by atoms with Gasteiger partial charge < -0.3 is 10.2 Å². The Morgan fingerprint density at radius 1 is 1.19 bits per heavy atom. The Morgan fingerprint density at radius 2 is 1.85 bits per heavy atom. The van der Waals surface area contributed by atoms with Crippen LogP contribution in [0.2, 0.25) is 0 Å². The summed E-state index contributed by atoms with van der Waals surface area (Å²) in [5.74, 6) is 1.47. The van der Waals surface area contributed by atoms with Crippen LogP contribution in [0.1, 0.15) is 58.3 Å². The van der Waals surface area contributed by atoms with E-state index in [2.05, 4.69) is 37.5 Å². The highest BCUT2D eigenvalue weighted by Gasteiger charge is 2.26. The second-order valence-electron chi connectivity index (χ2n) is 7.63. The number of nitrogens with one attached hydrogen (secondary N) is 1. The molecular formula is C22H34ClN3. The summed E-state index contributed by atoms with van der Waals surface area (Å²) in [7, 11) is 4.16. The molecule has 4 heteroatoms. The molecule has 0 saturated heterocycles. The van der Waals surface area contributed by atoms with Crippen LogP contribution in [0.3, 0.4) is 0 Å². The molecule has 0 atom stereocenters. The molecule has 0 aliphatic heterocycles. The smallest absolute Gasteiger partial charge is 0.119 e. The molecule has 3 nitrogen and oxygen atoms in total. The predicted octanol–water partition coefficient (Wildman–Crippen LogP) is 5.77. The van der Waals surface area contributed by atoms with Crippen LogP contribution in [0.4, 0.5) is 0 Å². The van der Waals surface area contributed by atoms with Gasteiger partial charge in [0, 0.05) is 31.4 Å². The molecule has 2 aliphatic rings. The molecular weight excluding hydrogens is 342 g/mol. The summed E-state index contributed by atoms with van der Waals surface area (Å²) in [5.41, 5.74) is 3.02. The molecule has 2 saturated carbocycles. The van der Waals surface area contributed by atoms with Gasteiger partial charge in [0.2, 0.25) is 0 Å². The molecule has 2 rings (SSSR count). The van der Waals surface area contributed by atoms with Crippen LogP contribution in [-0.2, 0) is 0 Å². The molecule has 144 valence electrons. The molecule has 0 heterocycles. The number of aliphatic imine (C=N–C) groups is 1. The van der Waals surface area contributed by atoms with Gasteiger partial charge in [0.15, 0.2) is 0 Å². The van der Waals surface area contributed by atoms with Gasteiger partial charge >= 0.3 is 0 Å². The van der Waals surface area contributed by atoms with Crippen molar-refractivity contribution in [2.75, 3.05) is 14.1 Å². The first-order chi connectivity index (χ1) is 12.5. The quantitative estimate of drug-likeness (QED) is 0.409. The van der Waals surface area contributed by atoms with Crippen molar-refractivity contribution in [2.45, 2.75) is 64.3 Å². The van der Waals surface area contributed by atoms with Crippen molar-refractivity contribution in [3.8, 4) is 0 Å². The number of allylic oxidation sites excluding steroid dienone is 5. The third-order valence-corrected chi connectivity index (χ3v) is 5.59. The topological polar surface area (TPSA) is 27.6 Å². The minimum absolute atomic E-state index is 0.474. The van der Waals surface area contributed by atoms with Gasteiger partial charge in [-0.25, -0.2) is 4.99 Å². The van der Waals surface area contributed by atoms with Crippen molar-refractivity contribution in [2.24, 2.45) is 10.9 Å². The lowest BCUT2D eigenvalue weighted by atomic mass is 9.95. The molecule has 0 bridgehead atoms. The normalized spacial score (nSPS) is 20.5. The summed E-state index contributed by atoms with van der Waals surface area (Å²) < 4.78 is 0. The molecule has 0 aromatic heterocycles. The van der Waals surface area contributed by atoms with E-state index in [9.17, 15) is 0 Å². The molecule has 2 aliphatic carbocycles. The zero-order valence-electron chi connectivity index (χ0n) is 16.7. The van der Waals surface area contributed by atoms with Crippen molar-refractivity contribution >= 4 is 17.3 Å². The lowest BCUT2D eigenvalue weighted by Gasteiger charge is -2.25. The van der Waals surface area contributed by atoms with E-state index in [0.717, 1.165) is 23.6 Å². The highest BCUT2D eigenvalue weighted by atomic mass is 35.5. The maximum absolute atomic E-state index is 6.55. The van der Waals surface area contributed by atoms with Crippen LogP contribution in [0.25, 0.3) is 0 Å². The largest absolute Gasteiger partial charge is 0.380 e. The second-order valence-corrected chi connectivity index (χ2v) is 8.04. The fourth-order valence-corrected chi connectivity index (χ4v) is 3.65. The minimum Gasteiger partial charge on any atom is -0.380 e. The predicted molar refractivity (Wildman–Crippen MR) is 114 cm³/mol. The zero-order valence-corrected chi connectivity index (χ0v) is 17.4. The molecule has 1 N–H and O–H groups in total. The van der Waals surface area contributed by atoms with Crippen LogP contribution in [0.15, 0.2) is 52.4 Å². The summed E-state index contributed by atoms with van der Waals surface area (Å²) >= 11 is 6.55. The number of hydrogen-bond acceptors (Lipinski definition) is 3. The van der Waals surface area contributed by atoms with Gasteiger partial charge in [-0.2, -0.15) is 0 Å². The first-order valence-corrected chi connectivity index (χ1v) is 10.2. The van der Waals surface area contributed by atoms with Gasteiger partial charge in [-0.1, -0.05) is 56.2 Å². The van der Waals surface area contributed by atoms with Gasteiger partial charge in [-0.15, -0.1) is 0 Å². The van der Waals surface area contributed by atoms with Crippen molar-refractivity contribution in [1.29, 1.82) is 0 Å². The summed E-state index contributed by atoms with van der Waals surface area (Å²) in [4.78, 5) is 6.97. The molecule has 0 spiro atoms. The summed E-state index contributed by atoms with van der Waals surface area (Å²) in [6.07, 6.45) is 13.7. The highest BCUT2D eigenvalue weighted by Crippen LogP contribution is 2.37. The van der Waals surface area contributed by atoms with Gasteiger partial charge in [0.05, 0.1) is 10.7 Å². The van der Waals surface area contributed by atoms with E-state index in [1.54, 1.807) is 0 Å².